The Morgan fingerprint density at radius 3 is 2.31 bits per heavy atom. The van der Waals surface area contributed by atoms with E-state index in [0.29, 0.717) is 5.56 Å². The Kier molecular flexibility index (Phi) is 7.16. The molecule has 0 heterocycles. The highest BCUT2D eigenvalue weighted by molar-refractivity contribution is 7.90. The molecule has 146 valence electrons. The summed E-state index contributed by atoms with van der Waals surface area (Å²) in [5.74, 6) is -1.20. The number of ether oxygens (including phenoxy) is 2. The molecule has 0 aliphatic carbocycles. The number of anilines is 1. The molecule has 0 aliphatic heterocycles. The van der Waals surface area contributed by atoms with Crippen LogP contribution in [0.2, 0.25) is 0 Å². The van der Waals surface area contributed by atoms with Crippen LogP contribution in [0.4, 0.5) is 5.69 Å². The summed E-state index contributed by atoms with van der Waals surface area (Å²) in [6.45, 7) is 8.16. The first-order chi connectivity index (χ1) is 11.8. The fourth-order valence-electron chi connectivity index (χ4n) is 2.04. The Morgan fingerprint density at radius 1 is 1.19 bits per heavy atom. The SMILES string of the molecule is CCOC(=O)c1cc(NOCC(=O)OC(C)(C)C)c(S(C)(=O)=O)cc1C. The van der Waals surface area contributed by atoms with Crippen molar-refractivity contribution in [2.75, 3.05) is 24.9 Å². The maximum Gasteiger partial charge on any atom is 0.338 e. The average Bonchev–Trinajstić information content (AvgIpc) is 2.45. The number of carbonyl (C=O) groups excluding carboxylic acids is 2. The van der Waals surface area contributed by atoms with Crippen LogP contribution in [0.25, 0.3) is 0 Å². The smallest absolute Gasteiger partial charge is 0.338 e. The molecule has 9 heteroatoms. The van der Waals surface area contributed by atoms with E-state index in [-0.39, 0.29) is 22.8 Å². The van der Waals surface area contributed by atoms with Crippen molar-refractivity contribution in [1.29, 1.82) is 0 Å². The minimum Gasteiger partial charge on any atom is -0.462 e. The van der Waals surface area contributed by atoms with Crippen molar-refractivity contribution < 1.29 is 32.3 Å². The molecule has 0 amide bonds. The van der Waals surface area contributed by atoms with Crippen molar-refractivity contribution >= 4 is 27.5 Å². The van der Waals surface area contributed by atoms with E-state index in [1.807, 2.05) is 0 Å². The van der Waals surface area contributed by atoms with Gasteiger partial charge >= 0.3 is 11.9 Å². The summed E-state index contributed by atoms with van der Waals surface area (Å²) in [4.78, 5) is 28.7. The van der Waals surface area contributed by atoms with Crippen LogP contribution in [-0.4, -0.2) is 45.4 Å². The lowest BCUT2D eigenvalue weighted by atomic mass is 10.1. The molecule has 0 saturated carbocycles. The van der Waals surface area contributed by atoms with Crippen molar-refractivity contribution in [1.82, 2.24) is 0 Å². The highest BCUT2D eigenvalue weighted by Crippen LogP contribution is 2.26. The molecule has 0 bridgehead atoms. The standard InChI is InChI=1S/C17H25NO7S/c1-7-23-16(20)12-9-13(14(8-11(12)2)26(6,21)22)18-24-10-15(19)25-17(3,4)5/h8-9,18H,7,10H2,1-6H3. The summed E-state index contributed by atoms with van der Waals surface area (Å²) >= 11 is 0. The van der Waals surface area contributed by atoms with Crippen LogP contribution in [-0.2, 0) is 28.9 Å². The number of hydrogen-bond donors (Lipinski definition) is 1. The van der Waals surface area contributed by atoms with Gasteiger partial charge in [0.05, 0.1) is 22.8 Å². The van der Waals surface area contributed by atoms with Gasteiger partial charge in [0, 0.05) is 6.26 Å². The zero-order chi connectivity index (χ0) is 20.1. The lowest BCUT2D eigenvalue weighted by Crippen LogP contribution is -2.27. The summed E-state index contributed by atoms with van der Waals surface area (Å²) in [6.07, 6.45) is 1.03. The summed E-state index contributed by atoms with van der Waals surface area (Å²) in [5.41, 5.74) is 2.42. The van der Waals surface area contributed by atoms with E-state index in [4.69, 9.17) is 14.3 Å². The van der Waals surface area contributed by atoms with Gasteiger partial charge in [-0.15, -0.1) is 0 Å². The number of nitrogens with one attached hydrogen (secondary N) is 1. The van der Waals surface area contributed by atoms with Crippen LogP contribution < -0.4 is 5.48 Å². The summed E-state index contributed by atoms with van der Waals surface area (Å²) in [6, 6.07) is 2.67. The van der Waals surface area contributed by atoms with Gasteiger partial charge in [0.1, 0.15) is 5.60 Å². The number of aryl methyl sites for hydroxylation is 1. The predicted molar refractivity (Wildman–Crippen MR) is 95.7 cm³/mol. The normalized spacial score (nSPS) is 11.8. The number of sulfone groups is 1. The molecule has 0 fully saturated rings. The quantitative estimate of drug-likeness (QED) is 0.561. The Balaban J connectivity index is 3.05. The largest absolute Gasteiger partial charge is 0.462 e. The zero-order valence-corrected chi connectivity index (χ0v) is 16.7. The number of esters is 2. The molecule has 26 heavy (non-hydrogen) atoms. The van der Waals surface area contributed by atoms with Crippen molar-refractivity contribution in [3.05, 3.63) is 23.3 Å². The lowest BCUT2D eigenvalue weighted by molar-refractivity contribution is -0.159. The van der Waals surface area contributed by atoms with Gasteiger partial charge in [-0.1, -0.05) is 0 Å². The molecule has 0 spiro atoms. The van der Waals surface area contributed by atoms with Crippen LogP contribution in [0, 0.1) is 6.92 Å². The highest BCUT2D eigenvalue weighted by Gasteiger charge is 2.21. The minimum atomic E-state index is -3.60. The second-order valence-electron chi connectivity index (χ2n) is 6.63. The van der Waals surface area contributed by atoms with Gasteiger partial charge in [-0.3, -0.25) is 10.3 Å². The third kappa shape index (κ3) is 6.64. The van der Waals surface area contributed by atoms with Crippen LogP contribution in [0.5, 0.6) is 0 Å². The van der Waals surface area contributed by atoms with Gasteiger partial charge in [0.15, 0.2) is 16.4 Å². The molecule has 1 rings (SSSR count). The third-order valence-corrected chi connectivity index (χ3v) is 4.15. The maximum absolute atomic E-state index is 12.0. The summed E-state index contributed by atoms with van der Waals surface area (Å²) < 4.78 is 34.0. The molecule has 8 nitrogen and oxygen atoms in total. The Hall–Kier alpha value is -2.13. The van der Waals surface area contributed by atoms with Crippen LogP contribution in [0.3, 0.4) is 0 Å². The molecular formula is C17H25NO7S. The summed E-state index contributed by atoms with van der Waals surface area (Å²) in [5, 5.41) is 0. The maximum atomic E-state index is 12.0. The monoisotopic (exact) mass is 387 g/mol. The van der Waals surface area contributed by atoms with E-state index in [1.165, 1.54) is 12.1 Å². The number of carbonyl (C=O) groups is 2. The van der Waals surface area contributed by atoms with E-state index >= 15 is 0 Å². The highest BCUT2D eigenvalue weighted by atomic mass is 32.2. The van der Waals surface area contributed by atoms with Gasteiger partial charge in [0.25, 0.3) is 0 Å². The molecule has 0 atom stereocenters. The zero-order valence-electron chi connectivity index (χ0n) is 15.8. The van der Waals surface area contributed by atoms with Crippen molar-refractivity contribution in [3.63, 3.8) is 0 Å². The minimum absolute atomic E-state index is 0.0321. The Morgan fingerprint density at radius 2 is 1.81 bits per heavy atom. The molecule has 1 aromatic rings. The first-order valence-corrected chi connectivity index (χ1v) is 9.85. The lowest BCUT2D eigenvalue weighted by Gasteiger charge is -2.19. The van der Waals surface area contributed by atoms with Gasteiger partial charge in [-0.25, -0.2) is 18.0 Å². The van der Waals surface area contributed by atoms with E-state index in [9.17, 15) is 18.0 Å². The molecule has 1 N–H and O–H groups in total. The fourth-order valence-corrected chi connectivity index (χ4v) is 2.93. The van der Waals surface area contributed by atoms with Gasteiger partial charge < -0.3 is 9.47 Å². The molecule has 0 radical (unpaired) electrons. The van der Waals surface area contributed by atoms with Crippen LogP contribution in [0.15, 0.2) is 17.0 Å². The first kappa shape index (κ1) is 21.9. The molecular weight excluding hydrogens is 362 g/mol. The van der Waals surface area contributed by atoms with Crippen LogP contribution >= 0.6 is 0 Å². The summed E-state index contributed by atoms with van der Waals surface area (Å²) in [7, 11) is -3.60. The van der Waals surface area contributed by atoms with E-state index in [0.717, 1.165) is 6.26 Å². The topological polar surface area (TPSA) is 108 Å². The van der Waals surface area contributed by atoms with E-state index in [2.05, 4.69) is 5.48 Å². The third-order valence-electron chi connectivity index (χ3n) is 3.01. The predicted octanol–water partition coefficient (Wildman–Crippen LogP) is 2.26. The van der Waals surface area contributed by atoms with E-state index < -0.39 is 34.0 Å². The van der Waals surface area contributed by atoms with Crippen molar-refractivity contribution in [2.24, 2.45) is 0 Å². The van der Waals surface area contributed by atoms with Crippen LogP contribution in [0.1, 0.15) is 43.6 Å². The molecule has 0 saturated heterocycles. The number of rotatable bonds is 7. The fraction of sp³-hybridized carbons (Fsp3) is 0.529. The molecule has 0 aliphatic rings. The van der Waals surface area contributed by atoms with Gasteiger partial charge in [-0.2, -0.15) is 0 Å². The second kappa shape index (κ2) is 8.50. The molecule has 0 unspecified atom stereocenters. The van der Waals surface area contributed by atoms with E-state index in [1.54, 1.807) is 34.6 Å². The average molecular weight is 387 g/mol. The number of hydrogen-bond acceptors (Lipinski definition) is 8. The van der Waals surface area contributed by atoms with Gasteiger partial charge in [-0.05, 0) is 52.3 Å². The molecule has 0 aromatic heterocycles. The van der Waals surface area contributed by atoms with Crippen molar-refractivity contribution in [3.8, 4) is 0 Å². The molecule has 1 aromatic carbocycles. The number of benzene rings is 1. The first-order valence-electron chi connectivity index (χ1n) is 7.96. The Labute approximate surface area is 153 Å². The van der Waals surface area contributed by atoms with Gasteiger partial charge in [0.2, 0.25) is 0 Å². The second-order valence-corrected chi connectivity index (χ2v) is 8.62. The Bertz CT molecular complexity index is 779. The van der Waals surface area contributed by atoms with Crippen molar-refractivity contribution in [2.45, 2.75) is 45.1 Å².